The van der Waals surface area contributed by atoms with Crippen LogP contribution in [0.5, 0.6) is 0 Å². The van der Waals surface area contributed by atoms with Crippen LogP contribution in [0.1, 0.15) is 31.2 Å². The summed E-state index contributed by atoms with van der Waals surface area (Å²) in [6.07, 6.45) is 3.08. The van der Waals surface area contributed by atoms with E-state index in [2.05, 4.69) is 5.32 Å². The molecule has 92 valence electrons. The fourth-order valence-corrected chi connectivity index (χ4v) is 2.37. The van der Waals surface area contributed by atoms with E-state index in [9.17, 15) is 14.3 Å². The molecule has 0 aromatic heterocycles. The van der Waals surface area contributed by atoms with Gasteiger partial charge in [-0.25, -0.2) is 9.18 Å². The number of aliphatic carboxylic acids is 1. The molecule has 0 saturated heterocycles. The van der Waals surface area contributed by atoms with Gasteiger partial charge in [0, 0.05) is 5.69 Å². The van der Waals surface area contributed by atoms with Crippen LogP contribution in [0, 0.1) is 12.7 Å². The minimum absolute atomic E-state index is 0.272. The lowest BCUT2D eigenvalue weighted by Gasteiger charge is -2.26. The Morgan fingerprint density at radius 3 is 2.59 bits per heavy atom. The van der Waals surface area contributed by atoms with E-state index in [0.717, 1.165) is 12.8 Å². The van der Waals surface area contributed by atoms with Crippen LogP contribution in [-0.4, -0.2) is 16.6 Å². The first-order chi connectivity index (χ1) is 8.03. The molecule has 0 radical (unpaired) electrons. The summed E-state index contributed by atoms with van der Waals surface area (Å²) >= 11 is 0. The monoisotopic (exact) mass is 237 g/mol. The van der Waals surface area contributed by atoms with E-state index in [0.29, 0.717) is 24.1 Å². The van der Waals surface area contributed by atoms with Crippen molar-refractivity contribution in [1.82, 2.24) is 0 Å². The zero-order valence-electron chi connectivity index (χ0n) is 9.79. The van der Waals surface area contributed by atoms with E-state index in [1.807, 2.05) is 0 Å². The Balaban J connectivity index is 2.23. The van der Waals surface area contributed by atoms with Crippen LogP contribution in [0.3, 0.4) is 0 Å². The summed E-state index contributed by atoms with van der Waals surface area (Å²) in [5.41, 5.74) is 0.325. The average molecular weight is 237 g/mol. The highest BCUT2D eigenvalue weighted by atomic mass is 19.1. The Labute approximate surface area is 99.7 Å². The molecule has 1 aliphatic carbocycles. The van der Waals surface area contributed by atoms with Crippen molar-refractivity contribution >= 4 is 11.7 Å². The second-order valence-corrected chi connectivity index (χ2v) is 4.68. The van der Waals surface area contributed by atoms with Gasteiger partial charge in [-0.2, -0.15) is 0 Å². The van der Waals surface area contributed by atoms with E-state index in [4.69, 9.17) is 0 Å². The molecule has 0 spiro atoms. The van der Waals surface area contributed by atoms with Crippen LogP contribution in [0.4, 0.5) is 10.1 Å². The fraction of sp³-hybridized carbons (Fsp3) is 0.462. The minimum atomic E-state index is -0.871. The molecular weight excluding hydrogens is 221 g/mol. The summed E-state index contributed by atoms with van der Waals surface area (Å²) in [4.78, 5) is 11.3. The maximum atomic E-state index is 13.1. The molecule has 1 aromatic carbocycles. The Kier molecular flexibility index (Phi) is 3.05. The fourth-order valence-electron chi connectivity index (χ4n) is 2.37. The summed E-state index contributed by atoms with van der Waals surface area (Å²) in [6.45, 7) is 1.67. The van der Waals surface area contributed by atoms with E-state index < -0.39 is 11.5 Å². The molecule has 2 rings (SSSR count). The van der Waals surface area contributed by atoms with Crippen molar-refractivity contribution < 1.29 is 14.3 Å². The normalized spacial score (nSPS) is 18.0. The second kappa shape index (κ2) is 4.35. The standard InChI is InChI=1S/C13H16FNO2/c1-9-8-10(4-5-11(9)14)15-13(12(16)17)6-2-3-7-13/h4-5,8,15H,2-3,6-7H2,1H3,(H,16,17). The number of carboxylic acid groups (broad SMARTS) is 1. The number of carbonyl (C=O) groups is 1. The predicted molar refractivity (Wildman–Crippen MR) is 63.6 cm³/mol. The summed E-state index contributed by atoms with van der Waals surface area (Å²) < 4.78 is 13.1. The summed E-state index contributed by atoms with van der Waals surface area (Å²) in [6, 6.07) is 4.60. The van der Waals surface area contributed by atoms with Crippen LogP contribution in [-0.2, 0) is 4.79 Å². The highest BCUT2D eigenvalue weighted by Crippen LogP contribution is 2.33. The lowest BCUT2D eigenvalue weighted by molar-refractivity contribution is -0.142. The molecule has 0 bridgehead atoms. The number of aryl methyl sites for hydroxylation is 1. The first kappa shape index (κ1) is 11.9. The molecule has 2 N–H and O–H groups in total. The average Bonchev–Trinajstić information content (AvgIpc) is 2.73. The number of anilines is 1. The molecular formula is C13H16FNO2. The number of hydrogen-bond acceptors (Lipinski definition) is 2. The number of carboxylic acids is 1. The molecule has 17 heavy (non-hydrogen) atoms. The Hall–Kier alpha value is -1.58. The van der Waals surface area contributed by atoms with Gasteiger partial charge in [0.2, 0.25) is 0 Å². The summed E-state index contributed by atoms with van der Waals surface area (Å²) in [5.74, 6) is -1.09. The number of rotatable bonds is 3. The molecule has 1 aliphatic rings. The van der Waals surface area contributed by atoms with Crippen molar-refractivity contribution in [3.05, 3.63) is 29.6 Å². The van der Waals surface area contributed by atoms with Crippen molar-refractivity contribution in [3.63, 3.8) is 0 Å². The van der Waals surface area contributed by atoms with Crippen molar-refractivity contribution in [2.24, 2.45) is 0 Å². The van der Waals surface area contributed by atoms with Gasteiger partial charge >= 0.3 is 5.97 Å². The van der Waals surface area contributed by atoms with Crippen LogP contribution in [0.25, 0.3) is 0 Å². The Bertz CT molecular complexity index is 439. The third kappa shape index (κ3) is 2.25. The van der Waals surface area contributed by atoms with Gasteiger partial charge in [0.25, 0.3) is 0 Å². The van der Waals surface area contributed by atoms with E-state index in [1.54, 1.807) is 19.1 Å². The Morgan fingerprint density at radius 1 is 1.41 bits per heavy atom. The number of nitrogens with one attached hydrogen (secondary N) is 1. The van der Waals surface area contributed by atoms with Crippen LogP contribution in [0.15, 0.2) is 18.2 Å². The third-order valence-electron chi connectivity index (χ3n) is 3.41. The quantitative estimate of drug-likeness (QED) is 0.849. The summed E-state index contributed by atoms with van der Waals surface area (Å²) in [5, 5.41) is 12.4. The van der Waals surface area contributed by atoms with Crippen molar-refractivity contribution in [2.45, 2.75) is 38.1 Å². The van der Waals surface area contributed by atoms with Gasteiger partial charge in [-0.3, -0.25) is 0 Å². The Morgan fingerprint density at radius 2 is 2.06 bits per heavy atom. The maximum Gasteiger partial charge on any atom is 0.329 e. The van der Waals surface area contributed by atoms with Gasteiger partial charge < -0.3 is 10.4 Å². The largest absolute Gasteiger partial charge is 0.480 e. The molecule has 0 unspecified atom stereocenters. The topological polar surface area (TPSA) is 49.3 Å². The lowest BCUT2D eigenvalue weighted by atomic mass is 9.97. The van der Waals surface area contributed by atoms with Gasteiger partial charge in [-0.15, -0.1) is 0 Å². The molecule has 0 heterocycles. The zero-order valence-corrected chi connectivity index (χ0v) is 9.79. The first-order valence-electron chi connectivity index (χ1n) is 5.81. The van der Waals surface area contributed by atoms with Gasteiger partial charge in [0.05, 0.1) is 0 Å². The van der Waals surface area contributed by atoms with Gasteiger partial charge in [0.1, 0.15) is 11.4 Å². The maximum absolute atomic E-state index is 13.1. The molecule has 0 atom stereocenters. The highest BCUT2D eigenvalue weighted by molar-refractivity contribution is 5.83. The zero-order chi connectivity index (χ0) is 12.5. The van der Waals surface area contributed by atoms with Crippen molar-refractivity contribution in [3.8, 4) is 0 Å². The number of halogens is 1. The van der Waals surface area contributed by atoms with E-state index in [-0.39, 0.29) is 5.82 Å². The predicted octanol–water partition coefficient (Wildman–Crippen LogP) is 2.94. The van der Waals surface area contributed by atoms with Gasteiger partial charge in [0.15, 0.2) is 0 Å². The highest BCUT2D eigenvalue weighted by Gasteiger charge is 2.41. The molecule has 1 saturated carbocycles. The van der Waals surface area contributed by atoms with Crippen molar-refractivity contribution in [1.29, 1.82) is 0 Å². The van der Waals surface area contributed by atoms with Crippen LogP contribution in [0.2, 0.25) is 0 Å². The lowest BCUT2D eigenvalue weighted by Crippen LogP contribution is -2.43. The van der Waals surface area contributed by atoms with Crippen LogP contribution >= 0.6 is 0 Å². The molecule has 1 aromatic rings. The molecule has 4 heteroatoms. The van der Waals surface area contributed by atoms with E-state index in [1.165, 1.54) is 6.07 Å². The molecule has 3 nitrogen and oxygen atoms in total. The molecule has 1 fully saturated rings. The van der Waals surface area contributed by atoms with Crippen LogP contribution < -0.4 is 5.32 Å². The summed E-state index contributed by atoms with van der Waals surface area (Å²) in [7, 11) is 0. The third-order valence-corrected chi connectivity index (χ3v) is 3.41. The van der Waals surface area contributed by atoms with Crippen molar-refractivity contribution in [2.75, 3.05) is 5.32 Å². The van der Waals surface area contributed by atoms with Gasteiger partial charge in [-0.05, 0) is 43.5 Å². The number of hydrogen-bond donors (Lipinski definition) is 2. The SMILES string of the molecule is Cc1cc(NC2(C(=O)O)CCCC2)ccc1F. The second-order valence-electron chi connectivity index (χ2n) is 4.68. The molecule has 0 amide bonds. The minimum Gasteiger partial charge on any atom is -0.480 e. The number of benzene rings is 1. The van der Waals surface area contributed by atoms with E-state index >= 15 is 0 Å². The smallest absolute Gasteiger partial charge is 0.329 e. The molecule has 0 aliphatic heterocycles. The van der Waals surface area contributed by atoms with Gasteiger partial charge in [-0.1, -0.05) is 12.8 Å². The first-order valence-corrected chi connectivity index (χ1v) is 5.81.